The number of nitrogens with zero attached hydrogens (tertiary/aromatic N) is 1. The molecule has 0 aliphatic heterocycles. The van der Waals surface area contributed by atoms with Crippen LogP contribution in [0, 0.1) is 10.1 Å². The van der Waals surface area contributed by atoms with E-state index < -0.39 is 4.92 Å². The molecule has 1 N–H and O–H groups in total. The number of rotatable bonds is 3. The number of hydrogen-bond donors (Lipinski definition) is 1. The van der Waals surface area contributed by atoms with Gasteiger partial charge >= 0.3 is 0 Å². The van der Waals surface area contributed by atoms with Crippen LogP contribution in [-0.4, -0.2) is 4.92 Å². The average Bonchev–Trinajstić information content (AvgIpc) is 2.92. The summed E-state index contributed by atoms with van der Waals surface area (Å²) < 4.78 is 1.51. The van der Waals surface area contributed by atoms with Crippen molar-refractivity contribution < 1.29 is 4.92 Å². The lowest BCUT2D eigenvalue weighted by atomic mass is 10.1. The van der Waals surface area contributed by atoms with E-state index in [1.54, 1.807) is 17.4 Å². The van der Waals surface area contributed by atoms with Gasteiger partial charge in [0, 0.05) is 27.2 Å². The van der Waals surface area contributed by atoms with Crippen LogP contribution in [0.5, 0.6) is 0 Å². The Kier molecular flexibility index (Phi) is 3.70. The summed E-state index contributed by atoms with van der Waals surface area (Å²) in [6.07, 6.45) is 2.04. The van der Waals surface area contributed by atoms with Gasteiger partial charge in [-0.1, -0.05) is 11.6 Å². The molecule has 1 unspecified atom stereocenters. The number of nitro benzene ring substituents is 1. The van der Waals surface area contributed by atoms with Crippen LogP contribution in [0.2, 0.25) is 4.34 Å². The highest BCUT2D eigenvalue weighted by atomic mass is 79.9. The Bertz CT molecular complexity index is 689. The minimum atomic E-state index is -0.402. The molecule has 7 heteroatoms. The molecule has 1 aromatic heterocycles. The van der Waals surface area contributed by atoms with Gasteiger partial charge in [0.25, 0.3) is 5.69 Å². The van der Waals surface area contributed by atoms with Crippen LogP contribution in [0.3, 0.4) is 0 Å². The number of anilines is 1. The van der Waals surface area contributed by atoms with Gasteiger partial charge in [-0.15, -0.1) is 11.3 Å². The van der Waals surface area contributed by atoms with Crippen molar-refractivity contribution in [2.24, 2.45) is 0 Å². The van der Waals surface area contributed by atoms with Gasteiger partial charge in [0.15, 0.2) is 0 Å². The molecule has 0 saturated heterocycles. The summed E-state index contributed by atoms with van der Waals surface area (Å²) in [4.78, 5) is 11.6. The average molecular weight is 374 g/mol. The van der Waals surface area contributed by atoms with E-state index in [0.29, 0.717) is 4.47 Å². The van der Waals surface area contributed by atoms with Crippen molar-refractivity contribution >= 4 is 50.2 Å². The van der Waals surface area contributed by atoms with Crippen LogP contribution >= 0.6 is 38.9 Å². The summed E-state index contributed by atoms with van der Waals surface area (Å²) in [6.45, 7) is 0. The highest BCUT2D eigenvalue weighted by Gasteiger charge is 2.25. The first kappa shape index (κ1) is 13.9. The molecule has 0 amide bonds. The fourth-order valence-electron chi connectivity index (χ4n) is 2.40. The molecule has 1 aliphatic rings. The zero-order chi connectivity index (χ0) is 14.3. The summed E-state index contributed by atoms with van der Waals surface area (Å²) in [5.74, 6) is 0. The summed E-state index contributed by atoms with van der Waals surface area (Å²) in [6, 6.07) is 6.97. The van der Waals surface area contributed by atoms with Crippen molar-refractivity contribution in [3.05, 3.63) is 53.6 Å². The molecule has 3 rings (SSSR count). The Morgan fingerprint density at radius 3 is 2.95 bits per heavy atom. The maximum absolute atomic E-state index is 10.7. The third-order valence-corrected chi connectivity index (χ3v) is 5.34. The second-order valence-corrected chi connectivity index (χ2v) is 7.21. The number of non-ortho nitro benzene ring substituents is 1. The van der Waals surface area contributed by atoms with Crippen LogP contribution in [0.1, 0.15) is 22.9 Å². The van der Waals surface area contributed by atoms with Gasteiger partial charge in [0.1, 0.15) is 0 Å². The second-order valence-electron chi connectivity index (χ2n) is 4.59. The van der Waals surface area contributed by atoms with Gasteiger partial charge in [-0.25, -0.2) is 0 Å². The smallest absolute Gasteiger partial charge is 0.270 e. The molecule has 1 aromatic carbocycles. The van der Waals surface area contributed by atoms with Crippen LogP contribution in [0.25, 0.3) is 0 Å². The summed E-state index contributed by atoms with van der Waals surface area (Å²) in [5.41, 5.74) is 2.18. The highest BCUT2D eigenvalue weighted by Crippen LogP contribution is 2.42. The number of nitrogens with one attached hydrogen (secondary N) is 1. The highest BCUT2D eigenvalue weighted by molar-refractivity contribution is 9.10. The second kappa shape index (κ2) is 5.35. The Morgan fingerprint density at radius 1 is 1.45 bits per heavy atom. The number of benzene rings is 1. The topological polar surface area (TPSA) is 55.2 Å². The molecule has 0 saturated carbocycles. The van der Waals surface area contributed by atoms with Crippen LogP contribution in [0.15, 0.2) is 28.7 Å². The number of halogens is 2. The van der Waals surface area contributed by atoms with Crippen molar-refractivity contribution in [1.29, 1.82) is 0 Å². The van der Waals surface area contributed by atoms with Crippen LogP contribution in [0.4, 0.5) is 11.4 Å². The zero-order valence-electron chi connectivity index (χ0n) is 10.2. The van der Waals surface area contributed by atoms with Crippen molar-refractivity contribution in [2.45, 2.75) is 18.9 Å². The minimum Gasteiger partial charge on any atom is -0.377 e. The lowest BCUT2D eigenvalue weighted by molar-refractivity contribution is -0.384. The first-order chi connectivity index (χ1) is 9.54. The zero-order valence-corrected chi connectivity index (χ0v) is 13.4. The van der Waals surface area contributed by atoms with Crippen molar-refractivity contribution in [2.75, 3.05) is 5.32 Å². The van der Waals surface area contributed by atoms with E-state index in [1.165, 1.54) is 22.6 Å². The summed E-state index contributed by atoms with van der Waals surface area (Å²) in [7, 11) is 0. The van der Waals surface area contributed by atoms with Gasteiger partial charge in [-0.05, 0) is 46.5 Å². The lowest BCUT2D eigenvalue weighted by Gasteiger charge is -2.15. The fraction of sp³-hybridized carbons (Fsp3) is 0.231. The molecule has 1 aliphatic carbocycles. The van der Waals surface area contributed by atoms with E-state index >= 15 is 0 Å². The largest absolute Gasteiger partial charge is 0.377 e. The Hall–Kier alpha value is -1.11. The molecule has 2 aromatic rings. The van der Waals surface area contributed by atoms with Crippen molar-refractivity contribution in [1.82, 2.24) is 0 Å². The quantitative estimate of drug-likeness (QED) is 0.596. The van der Waals surface area contributed by atoms with Gasteiger partial charge in [-0.2, -0.15) is 0 Å². The van der Waals surface area contributed by atoms with Crippen molar-refractivity contribution in [3.8, 4) is 0 Å². The molecule has 4 nitrogen and oxygen atoms in total. The normalized spacial score (nSPS) is 17.0. The van der Waals surface area contributed by atoms with E-state index in [4.69, 9.17) is 11.6 Å². The third-order valence-electron chi connectivity index (χ3n) is 3.34. The number of fused-ring (bicyclic) bond motifs is 1. The molecule has 104 valence electrons. The molecule has 20 heavy (non-hydrogen) atoms. The van der Waals surface area contributed by atoms with E-state index in [0.717, 1.165) is 22.9 Å². The summed E-state index contributed by atoms with van der Waals surface area (Å²) >= 11 is 11.0. The fourth-order valence-corrected chi connectivity index (χ4v) is 4.24. The predicted octanol–water partition coefficient (Wildman–Crippen LogP) is 5.17. The van der Waals surface area contributed by atoms with Gasteiger partial charge in [0.05, 0.1) is 15.3 Å². The molecule has 1 atom stereocenters. The standard InChI is InChI=1S/C13H10BrClN2O2S/c14-9-5-7(17(18)19)1-2-11(9)16-10-3-4-12-8(10)6-13(15)20-12/h1-2,5-6,10,16H,3-4H2. The van der Waals surface area contributed by atoms with E-state index in [9.17, 15) is 10.1 Å². The third kappa shape index (κ3) is 2.55. The predicted molar refractivity (Wildman–Crippen MR) is 84.8 cm³/mol. The van der Waals surface area contributed by atoms with Gasteiger partial charge in [0.2, 0.25) is 0 Å². The maximum atomic E-state index is 10.7. The minimum absolute atomic E-state index is 0.0770. The SMILES string of the molecule is O=[N+]([O-])c1ccc(NC2CCc3sc(Cl)cc32)c(Br)c1. The molecule has 0 fully saturated rings. The molecule has 1 heterocycles. The Morgan fingerprint density at radius 2 is 2.25 bits per heavy atom. The number of hydrogen-bond acceptors (Lipinski definition) is 4. The maximum Gasteiger partial charge on any atom is 0.270 e. The molecule has 0 spiro atoms. The van der Waals surface area contributed by atoms with Gasteiger partial charge < -0.3 is 5.32 Å². The van der Waals surface area contributed by atoms with E-state index in [2.05, 4.69) is 21.2 Å². The molecule has 0 radical (unpaired) electrons. The van der Waals surface area contributed by atoms with E-state index in [1.807, 2.05) is 6.07 Å². The lowest BCUT2D eigenvalue weighted by Crippen LogP contribution is -2.07. The van der Waals surface area contributed by atoms with Gasteiger partial charge in [-0.3, -0.25) is 10.1 Å². The molecular formula is C13H10BrClN2O2S. The molecular weight excluding hydrogens is 364 g/mol. The number of aryl methyl sites for hydroxylation is 1. The summed E-state index contributed by atoms with van der Waals surface area (Å²) in [5, 5.41) is 14.1. The van der Waals surface area contributed by atoms with Crippen LogP contribution in [-0.2, 0) is 6.42 Å². The monoisotopic (exact) mass is 372 g/mol. The number of thiophene rings is 1. The number of nitro groups is 1. The first-order valence-corrected chi connectivity index (χ1v) is 8.02. The first-order valence-electron chi connectivity index (χ1n) is 6.03. The van der Waals surface area contributed by atoms with Crippen molar-refractivity contribution in [3.63, 3.8) is 0 Å². The molecule has 0 bridgehead atoms. The Labute approximate surface area is 133 Å². The van der Waals surface area contributed by atoms with Crippen LogP contribution < -0.4 is 5.32 Å². The Balaban J connectivity index is 1.84. The van der Waals surface area contributed by atoms with E-state index in [-0.39, 0.29) is 11.7 Å².